The number of carboxylic acid groups (broad SMARTS) is 1. The first-order chi connectivity index (χ1) is 9.95. The molecule has 0 saturated carbocycles. The number of nitrogens with one attached hydrogen (secondary N) is 1. The van der Waals surface area contributed by atoms with Gasteiger partial charge in [0.2, 0.25) is 0 Å². The van der Waals surface area contributed by atoms with Gasteiger partial charge >= 0.3 is 5.97 Å². The molecule has 0 aliphatic rings. The molecule has 0 aliphatic heterocycles. The molecule has 1 amide bonds. The first kappa shape index (κ1) is 14.6. The molecule has 0 bridgehead atoms. The minimum atomic E-state index is -1.13. The molecule has 1 aromatic carbocycles. The van der Waals surface area contributed by atoms with Gasteiger partial charge in [0.05, 0.1) is 5.56 Å². The highest BCUT2D eigenvalue weighted by Gasteiger charge is 2.21. The number of phenols is 1. The summed E-state index contributed by atoms with van der Waals surface area (Å²) < 4.78 is 5.02. The van der Waals surface area contributed by atoms with E-state index >= 15 is 0 Å². The summed E-state index contributed by atoms with van der Waals surface area (Å²) in [4.78, 5) is 23.2. The van der Waals surface area contributed by atoms with Crippen molar-refractivity contribution in [2.75, 3.05) is 0 Å². The van der Waals surface area contributed by atoms with Crippen LogP contribution >= 0.6 is 0 Å². The number of rotatable bonds is 5. The number of amides is 1. The summed E-state index contributed by atoms with van der Waals surface area (Å²) in [5.41, 5.74) is 0.980. The third-order valence-electron chi connectivity index (χ3n) is 2.97. The van der Waals surface area contributed by atoms with Crippen molar-refractivity contribution in [3.63, 3.8) is 0 Å². The standard InChI is InChI=1S/C15H15NO5/c1-9-6-11(8-21-9)14(18)16-13(15(19)20)7-10-2-4-12(17)5-3-10/h2-6,8,13,17H,7H2,1H3,(H,16,18)(H,19,20)/t13-/m0/s1. The van der Waals surface area contributed by atoms with Gasteiger partial charge in [-0.15, -0.1) is 0 Å². The molecule has 2 rings (SSSR count). The fraction of sp³-hybridized carbons (Fsp3) is 0.200. The SMILES string of the molecule is Cc1cc(C(=O)N[C@@H](Cc2ccc(O)cc2)C(=O)O)co1. The van der Waals surface area contributed by atoms with Crippen molar-refractivity contribution in [2.45, 2.75) is 19.4 Å². The zero-order chi connectivity index (χ0) is 15.4. The maximum atomic E-state index is 11.9. The molecule has 1 heterocycles. The monoisotopic (exact) mass is 289 g/mol. The molecule has 0 aliphatic carbocycles. The minimum absolute atomic E-state index is 0.100. The zero-order valence-corrected chi connectivity index (χ0v) is 11.4. The Kier molecular flexibility index (Phi) is 4.27. The summed E-state index contributed by atoms with van der Waals surface area (Å²) >= 11 is 0. The number of carbonyl (C=O) groups excluding carboxylic acids is 1. The third kappa shape index (κ3) is 3.85. The third-order valence-corrected chi connectivity index (χ3v) is 2.97. The maximum absolute atomic E-state index is 11.9. The average molecular weight is 289 g/mol. The van der Waals surface area contributed by atoms with Gasteiger partial charge in [-0.05, 0) is 30.7 Å². The van der Waals surface area contributed by atoms with E-state index in [-0.39, 0.29) is 17.7 Å². The van der Waals surface area contributed by atoms with Crippen LogP contribution < -0.4 is 5.32 Å². The minimum Gasteiger partial charge on any atom is -0.508 e. The molecule has 6 nitrogen and oxygen atoms in total. The molecule has 0 spiro atoms. The van der Waals surface area contributed by atoms with E-state index in [0.717, 1.165) is 0 Å². The molecule has 21 heavy (non-hydrogen) atoms. The van der Waals surface area contributed by atoms with Gasteiger partial charge in [0, 0.05) is 6.42 Å². The largest absolute Gasteiger partial charge is 0.508 e. The molecule has 0 fully saturated rings. The van der Waals surface area contributed by atoms with Crippen molar-refractivity contribution in [1.29, 1.82) is 0 Å². The van der Waals surface area contributed by atoms with Crippen LogP contribution in [-0.2, 0) is 11.2 Å². The van der Waals surface area contributed by atoms with Crippen LogP contribution in [0.2, 0.25) is 0 Å². The lowest BCUT2D eigenvalue weighted by molar-refractivity contribution is -0.139. The number of phenolic OH excluding ortho intramolecular Hbond substituents is 1. The fourth-order valence-corrected chi connectivity index (χ4v) is 1.87. The van der Waals surface area contributed by atoms with Crippen LogP contribution in [0.15, 0.2) is 41.0 Å². The lowest BCUT2D eigenvalue weighted by Gasteiger charge is -2.14. The van der Waals surface area contributed by atoms with Crippen molar-refractivity contribution in [3.05, 3.63) is 53.5 Å². The number of carbonyl (C=O) groups is 2. The number of furan rings is 1. The molecule has 1 atom stereocenters. The second-order valence-electron chi connectivity index (χ2n) is 4.68. The highest BCUT2D eigenvalue weighted by molar-refractivity contribution is 5.96. The Morgan fingerprint density at radius 1 is 1.29 bits per heavy atom. The van der Waals surface area contributed by atoms with Gasteiger partial charge in [-0.25, -0.2) is 4.79 Å². The van der Waals surface area contributed by atoms with Gasteiger partial charge in [0.25, 0.3) is 5.91 Å². The molecular formula is C15H15NO5. The number of hydrogen-bond donors (Lipinski definition) is 3. The first-order valence-electron chi connectivity index (χ1n) is 6.32. The summed E-state index contributed by atoms with van der Waals surface area (Å²) in [5, 5.41) is 20.9. The molecule has 0 radical (unpaired) electrons. The van der Waals surface area contributed by atoms with E-state index in [2.05, 4.69) is 5.32 Å². The van der Waals surface area contributed by atoms with E-state index < -0.39 is 17.9 Å². The Morgan fingerprint density at radius 3 is 2.48 bits per heavy atom. The highest BCUT2D eigenvalue weighted by Crippen LogP contribution is 2.12. The van der Waals surface area contributed by atoms with Crippen LogP contribution in [0.4, 0.5) is 0 Å². The van der Waals surface area contributed by atoms with Crippen LogP contribution in [0.25, 0.3) is 0 Å². The Bertz CT molecular complexity index is 644. The lowest BCUT2D eigenvalue weighted by atomic mass is 10.1. The number of benzene rings is 1. The number of hydrogen-bond acceptors (Lipinski definition) is 4. The van der Waals surface area contributed by atoms with Gasteiger partial charge in [-0.3, -0.25) is 4.79 Å². The molecule has 2 aromatic rings. The van der Waals surface area contributed by atoms with Crippen LogP contribution in [-0.4, -0.2) is 28.1 Å². The summed E-state index contributed by atoms with van der Waals surface area (Å²) in [7, 11) is 0. The van der Waals surface area contributed by atoms with Gasteiger partial charge in [0.15, 0.2) is 0 Å². The van der Waals surface area contributed by atoms with Gasteiger partial charge in [-0.2, -0.15) is 0 Å². The first-order valence-corrected chi connectivity index (χ1v) is 6.32. The number of aromatic hydroxyl groups is 1. The fourth-order valence-electron chi connectivity index (χ4n) is 1.87. The van der Waals surface area contributed by atoms with Crippen LogP contribution in [0.5, 0.6) is 5.75 Å². The van der Waals surface area contributed by atoms with Gasteiger partial charge < -0.3 is 19.9 Å². The normalized spacial score (nSPS) is 11.9. The van der Waals surface area contributed by atoms with E-state index in [1.807, 2.05) is 0 Å². The van der Waals surface area contributed by atoms with Crippen molar-refractivity contribution in [3.8, 4) is 5.75 Å². The smallest absolute Gasteiger partial charge is 0.326 e. The molecule has 0 unspecified atom stereocenters. The van der Waals surface area contributed by atoms with Gasteiger partial charge in [-0.1, -0.05) is 12.1 Å². The van der Waals surface area contributed by atoms with Crippen molar-refractivity contribution in [2.24, 2.45) is 0 Å². The predicted octanol–water partition coefficient (Wildman–Crippen LogP) is 1.72. The lowest BCUT2D eigenvalue weighted by Crippen LogP contribution is -2.42. The molecule has 3 N–H and O–H groups in total. The molecular weight excluding hydrogens is 274 g/mol. The Hall–Kier alpha value is -2.76. The van der Waals surface area contributed by atoms with E-state index in [4.69, 9.17) is 4.42 Å². The Morgan fingerprint density at radius 2 is 1.95 bits per heavy atom. The number of aryl methyl sites for hydroxylation is 1. The highest BCUT2D eigenvalue weighted by atomic mass is 16.4. The van der Waals surface area contributed by atoms with E-state index in [1.54, 1.807) is 19.1 Å². The van der Waals surface area contributed by atoms with Crippen LogP contribution in [0.1, 0.15) is 21.7 Å². The summed E-state index contributed by atoms with van der Waals surface area (Å²) in [6.45, 7) is 1.70. The van der Waals surface area contributed by atoms with E-state index in [0.29, 0.717) is 11.3 Å². The maximum Gasteiger partial charge on any atom is 0.326 e. The summed E-state index contributed by atoms with van der Waals surface area (Å²) in [6.07, 6.45) is 1.41. The Labute approximate surface area is 121 Å². The topological polar surface area (TPSA) is 99.8 Å². The second kappa shape index (κ2) is 6.13. The average Bonchev–Trinajstić information content (AvgIpc) is 2.87. The van der Waals surface area contributed by atoms with Crippen LogP contribution in [0, 0.1) is 6.92 Å². The zero-order valence-electron chi connectivity index (χ0n) is 11.4. The van der Waals surface area contributed by atoms with Crippen molar-refractivity contribution >= 4 is 11.9 Å². The molecule has 1 aromatic heterocycles. The van der Waals surface area contributed by atoms with Gasteiger partial charge in [0.1, 0.15) is 23.8 Å². The summed E-state index contributed by atoms with van der Waals surface area (Å²) in [6, 6.07) is 6.64. The Balaban J connectivity index is 2.07. The van der Waals surface area contributed by atoms with Crippen LogP contribution in [0.3, 0.4) is 0 Å². The van der Waals surface area contributed by atoms with Crippen molar-refractivity contribution in [1.82, 2.24) is 5.32 Å². The number of carboxylic acids is 1. The van der Waals surface area contributed by atoms with E-state index in [1.165, 1.54) is 24.5 Å². The molecule has 6 heteroatoms. The second-order valence-corrected chi connectivity index (χ2v) is 4.68. The molecule has 110 valence electrons. The predicted molar refractivity (Wildman–Crippen MR) is 74.1 cm³/mol. The molecule has 0 saturated heterocycles. The summed E-state index contributed by atoms with van der Waals surface area (Å²) in [5.74, 6) is -0.955. The quantitative estimate of drug-likeness (QED) is 0.778. The number of aliphatic carboxylic acids is 1. The van der Waals surface area contributed by atoms with Crippen molar-refractivity contribution < 1.29 is 24.2 Å². The van der Waals surface area contributed by atoms with E-state index in [9.17, 15) is 19.8 Å².